The van der Waals surface area contributed by atoms with Crippen LogP contribution in [0.15, 0.2) is 53.9 Å². The molecule has 6 nitrogen and oxygen atoms in total. The fraction of sp³-hybridized carbons (Fsp3) is 0.333. The molecular weight excluding hydrogens is 408 g/mol. The number of hydrogen-bond acceptors (Lipinski definition) is 5. The summed E-state index contributed by atoms with van der Waals surface area (Å²) in [6.07, 6.45) is 4.18. The van der Waals surface area contributed by atoms with E-state index in [2.05, 4.69) is 14.9 Å². The van der Waals surface area contributed by atoms with Crippen LogP contribution in [0, 0.1) is 13.8 Å². The largest absolute Gasteiger partial charge is 0.351 e. The molecular formula is C24H26N4O2S. The van der Waals surface area contributed by atoms with E-state index in [9.17, 15) is 9.59 Å². The molecule has 2 amide bonds. The third-order valence-corrected chi connectivity index (χ3v) is 6.22. The quantitative estimate of drug-likeness (QED) is 0.615. The fourth-order valence-electron chi connectivity index (χ4n) is 3.99. The van der Waals surface area contributed by atoms with Crippen molar-refractivity contribution in [3.63, 3.8) is 0 Å². The molecule has 31 heavy (non-hydrogen) atoms. The summed E-state index contributed by atoms with van der Waals surface area (Å²) in [5.41, 5.74) is 3.81. The predicted molar refractivity (Wildman–Crippen MR) is 122 cm³/mol. The molecule has 3 aromatic rings. The maximum absolute atomic E-state index is 13.6. The van der Waals surface area contributed by atoms with Crippen LogP contribution in [0.4, 0.5) is 5.69 Å². The molecule has 1 aliphatic carbocycles. The van der Waals surface area contributed by atoms with Crippen LogP contribution in [0.2, 0.25) is 0 Å². The normalized spacial score (nSPS) is 14.9. The summed E-state index contributed by atoms with van der Waals surface area (Å²) in [6, 6.07) is 14.7. The highest BCUT2D eigenvalue weighted by molar-refractivity contribution is 7.03. The second-order valence-corrected chi connectivity index (χ2v) is 8.71. The lowest BCUT2D eigenvalue weighted by molar-refractivity contribution is -0.123. The predicted octanol–water partition coefficient (Wildman–Crippen LogP) is 4.60. The summed E-state index contributed by atoms with van der Waals surface area (Å²) in [6.45, 7) is 3.99. The highest BCUT2D eigenvalue weighted by Crippen LogP contribution is 2.31. The minimum atomic E-state index is -0.807. The van der Waals surface area contributed by atoms with E-state index in [4.69, 9.17) is 0 Å². The molecule has 0 bridgehead atoms. The van der Waals surface area contributed by atoms with Gasteiger partial charge in [0.15, 0.2) is 5.69 Å². The molecule has 1 aromatic heterocycles. The zero-order chi connectivity index (χ0) is 21.8. The third kappa shape index (κ3) is 4.82. The molecule has 0 radical (unpaired) electrons. The van der Waals surface area contributed by atoms with E-state index in [1.165, 1.54) is 0 Å². The Balaban J connectivity index is 1.79. The smallest absolute Gasteiger partial charge is 0.280 e. The average Bonchev–Trinajstić information content (AvgIpc) is 3.47. The Hall–Kier alpha value is -3.06. The van der Waals surface area contributed by atoms with Crippen molar-refractivity contribution in [3.05, 3.63) is 76.3 Å². The maximum Gasteiger partial charge on any atom is 0.280 e. The number of aryl methyl sites for hydroxylation is 2. The standard InChI is InChI=1S/C24H26N4O2S/c1-16-7-11-18(12-8-16)22(23(29)25-19-5-3-4-6-19)28(20-13-9-17(2)10-14-20)24(30)21-15-31-27-26-21/h7-15,19,22H,3-6H2,1-2H3,(H,25,29)/t22-/m1/s1. The van der Waals surface area contributed by atoms with Gasteiger partial charge in [-0.15, -0.1) is 5.10 Å². The molecule has 4 rings (SSSR count). The lowest BCUT2D eigenvalue weighted by Gasteiger charge is -2.32. The van der Waals surface area contributed by atoms with E-state index in [1.54, 1.807) is 10.3 Å². The Morgan fingerprint density at radius 3 is 2.19 bits per heavy atom. The van der Waals surface area contributed by atoms with E-state index in [0.717, 1.165) is 53.9 Å². The molecule has 1 heterocycles. The van der Waals surface area contributed by atoms with Crippen molar-refractivity contribution in [1.82, 2.24) is 14.9 Å². The lowest BCUT2D eigenvalue weighted by Crippen LogP contribution is -2.46. The molecule has 7 heteroatoms. The van der Waals surface area contributed by atoms with Crippen molar-refractivity contribution >= 4 is 29.0 Å². The number of benzene rings is 2. The summed E-state index contributed by atoms with van der Waals surface area (Å²) < 4.78 is 3.85. The number of aromatic nitrogens is 2. The van der Waals surface area contributed by atoms with Crippen LogP contribution in [-0.4, -0.2) is 27.4 Å². The maximum atomic E-state index is 13.6. The Morgan fingerprint density at radius 1 is 1.00 bits per heavy atom. The summed E-state index contributed by atoms with van der Waals surface area (Å²) in [4.78, 5) is 28.7. The first-order valence-corrected chi connectivity index (χ1v) is 11.4. The van der Waals surface area contributed by atoms with E-state index >= 15 is 0 Å². The highest BCUT2D eigenvalue weighted by atomic mass is 32.1. The molecule has 0 saturated heterocycles. The van der Waals surface area contributed by atoms with Crippen molar-refractivity contribution in [3.8, 4) is 0 Å². The number of carbonyl (C=O) groups excluding carboxylic acids is 2. The Labute approximate surface area is 186 Å². The van der Waals surface area contributed by atoms with Crippen molar-refractivity contribution in [2.24, 2.45) is 0 Å². The van der Waals surface area contributed by atoms with Gasteiger partial charge in [-0.25, -0.2) is 0 Å². The van der Waals surface area contributed by atoms with Crippen molar-refractivity contribution in [2.75, 3.05) is 4.90 Å². The van der Waals surface area contributed by atoms with E-state index in [-0.39, 0.29) is 23.6 Å². The Kier molecular flexibility index (Phi) is 6.42. The number of anilines is 1. The average molecular weight is 435 g/mol. The van der Waals surface area contributed by atoms with Gasteiger partial charge in [-0.3, -0.25) is 14.5 Å². The number of nitrogens with one attached hydrogen (secondary N) is 1. The van der Waals surface area contributed by atoms with Crippen LogP contribution in [0.3, 0.4) is 0 Å². The van der Waals surface area contributed by atoms with Crippen LogP contribution in [0.1, 0.15) is 58.9 Å². The second kappa shape index (κ2) is 9.39. The van der Waals surface area contributed by atoms with Crippen LogP contribution in [0.25, 0.3) is 0 Å². The van der Waals surface area contributed by atoms with E-state index in [0.29, 0.717) is 5.69 Å². The number of amides is 2. The molecule has 0 aliphatic heterocycles. The van der Waals surface area contributed by atoms with Crippen LogP contribution < -0.4 is 10.2 Å². The first kappa shape index (κ1) is 21.2. The van der Waals surface area contributed by atoms with Crippen molar-refractivity contribution in [2.45, 2.75) is 51.6 Å². The third-order valence-electron chi connectivity index (χ3n) is 5.71. The number of carbonyl (C=O) groups is 2. The van der Waals surface area contributed by atoms with Gasteiger partial charge >= 0.3 is 0 Å². The summed E-state index contributed by atoms with van der Waals surface area (Å²) in [5, 5.41) is 8.78. The lowest BCUT2D eigenvalue weighted by atomic mass is 10.0. The first-order chi connectivity index (χ1) is 15.0. The summed E-state index contributed by atoms with van der Waals surface area (Å²) in [5.74, 6) is -0.516. The molecule has 160 valence electrons. The second-order valence-electron chi connectivity index (χ2n) is 8.10. The van der Waals surface area contributed by atoms with Crippen LogP contribution in [0.5, 0.6) is 0 Å². The van der Waals surface area contributed by atoms with Gasteiger partial charge in [-0.2, -0.15) is 0 Å². The number of rotatable bonds is 6. The molecule has 1 fully saturated rings. The van der Waals surface area contributed by atoms with Gasteiger partial charge in [-0.05, 0) is 55.9 Å². The molecule has 1 aliphatic rings. The summed E-state index contributed by atoms with van der Waals surface area (Å²) >= 11 is 1.12. The topological polar surface area (TPSA) is 75.2 Å². The molecule has 1 saturated carbocycles. The molecule has 0 unspecified atom stereocenters. The monoisotopic (exact) mass is 434 g/mol. The molecule has 1 atom stereocenters. The highest BCUT2D eigenvalue weighted by Gasteiger charge is 2.35. The van der Waals surface area contributed by atoms with Gasteiger partial charge in [0.1, 0.15) is 6.04 Å². The van der Waals surface area contributed by atoms with E-state index < -0.39 is 6.04 Å². The van der Waals surface area contributed by atoms with Gasteiger partial charge in [0, 0.05) is 17.1 Å². The first-order valence-electron chi connectivity index (χ1n) is 10.6. The van der Waals surface area contributed by atoms with Crippen molar-refractivity contribution in [1.29, 1.82) is 0 Å². The van der Waals surface area contributed by atoms with Crippen molar-refractivity contribution < 1.29 is 9.59 Å². The van der Waals surface area contributed by atoms with Crippen LogP contribution >= 0.6 is 11.5 Å². The van der Waals surface area contributed by atoms with Gasteiger partial charge < -0.3 is 5.32 Å². The molecule has 2 aromatic carbocycles. The molecule has 0 spiro atoms. The zero-order valence-corrected chi connectivity index (χ0v) is 18.6. The SMILES string of the molecule is Cc1ccc([C@H](C(=O)NC2CCCC2)N(C(=O)c2csnn2)c2ccc(C)cc2)cc1. The minimum absolute atomic E-state index is 0.149. The fourth-order valence-corrected chi connectivity index (χ4v) is 4.42. The van der Waals surface area contributed by atoms with Gasteiger partial charge in [0.05, 0.1) is 0 Å². The van der Waals surface area contributed by atoms with Gasteiger partial charge in [0.25, 0.3) is 5.91 Å². The van der Waals surface area contributed by atoms with Gasteiger partial charge in [-0.1, -0.05) is 64.9 Å². The van der Waals surface area contributed by atoms with Crippen LogP contribution in [-0.2, 0) is 4.79 Å². The molecule has 1 N–H and O–H groups in total. The summed E-state index contributed by atoms with van der Waals surface area (Å²) in [7, 11) is 0. The zero-order valence-electron chi connectivity index (χ0n) is 17.7. The Bertz CT molecular complexity index is 1030. The number of nitrogens with zero attached hydrogens (tertiary/aromatic N) is 3. The van der Waals surface area contributed by atoms with Gasteiger partial charge in [0.2, 0.25) is 5.91 Å². The minimum Gasteiger partial charge on any atom is -0.351 e. The number of hydrogen-bond donors (Lipinski definition) is 1. The van der Waals surface area contributed by atoms with E-state index in [1.807, 2.05) is 62.4 Å². The Morgan fingerprint density at radius 2 is 1.61 bits per heavy atom.